The van der Waals surface area contributed by atoms with Gasteiger partial charge in [0.25, 0.3) is 5.91 Å². The first-order valence-corrected chi connectivity index (χ1v) is 24.5. The molecule has 0 bridgehead atoms. The normalized spacial score (nSPS) is 17.3. The molecular weight excluding hydrogens is 963 g/mol. The SMILES string of the molecule is Cc1ncsc1-c1ccc(CNC(=O)[C@@H]2C[C@@H](O)CN2C(=O)[C@@H](NC(=O)CCCCCNC(=O)CCCc2ccc(N3C(=S)N(c4ccc(C#N)c(C(F)(F)F)c4F)C(=O)C3(C)C)cn2)C(C)(C)C)cc1. The summed E-state index contributed by atoms with van der Waals surface area (Å²) in [6.07, 6.45) is -1.63. The first-order valence-electron chi connectivity index (χ1n) is 23.2. The number of hydrogen-bond acceptors (Lipinski definition) is 11. The molecule has 2 saturated heterocycles. The molecule has 2 fully saturated rings. The lowest BCUT2D eigenvalue weighted by Gasteiger charge is -2.35. The summed E-state index contributed by atoms with van der Waals surface area (Å²) in [5.74, 6) is -3.91. The molecule has 2 aliphatic heterocycles. The highest BCUT2D eigenvalue weighted by atomic mass is 32.1. The second kappa shape index (κ2) is 22.4. The fourth-order valence-electron chi connectivity index (χ4n) is 8.59. The third-order valence-corrected chi connectivity index (χ3v) is 13.8. The smallest absolute Gasteiger partial charge is 0.391 e. The third-order valence-electron chi connectivity index (χ3n) is 12.5. The maximum atomic E-state index is 15.4. The van der Waals surface area contributed by atoms with Crippen LogP contribution in [0.1, 0.15) is 108 Å². The number of amides is 5. The number of carbonyl (C=O) groups is 5. The summed E-state index contributed by atoms with van der Waals surface area (Å²) in [5, 5.41) is 28.1. The molecule has 378 valence electrons. The number of alkyl halides is 3. The first kappa shape index (κ1) is 54.0. The zero-order valence-electron chi connectivity index (χ0n) is 40.3. The van der Waals surface area contributed by atoms with Crippen LogP contribution in [0.3, 0.4) is 0 Å². The number of pyridine rings is 1. The number of thiocarbonyl (C=S) groups is 1. The Kier molecular flexibility index (Phi) is 17.0. The van der Waals surface area contributed by atoms with Crippen molar-refractivity contribution in [3.8, 4) is 16.5 Å². The average Bonchev–Trinajstić information content (AvgIpc) is 3.97. The summed E-state index contributed by atoms with van der Waals surface area (Å²) in [6.45, 7) is 11.0. The van der Waals surface area contributed by atoms with Crippen LogP contribution in [0.25, 0.3) is 10.4 Å². The van der Waals surface area contributed by atoms with Crippen molar-refractivity contribution in [2.45, 2.75) is 129 Å². The molecule has 0 radical (unpaired) electrons. The number of aliphatic hydroxyl groups is 1. The number of nitrogens with zero attached hydrogens (tertiary/aromatic N) is 6. The van der Waals surface area contributed by atoms with E-state index in [0.717, 1.165) is 33.8 Å². The van der Waals surface area contributed by atoms with E-state index in [4.69, 9.17) is 17.5 Å². The van der Waals surface area contributed by atoms with Gasteiger partial charge in [0.1, 0.15) is 23.2 Å². The molecule has 0 spiro atoms. The molecule has 0 saturated carbocycles. The number of anilines is 2. The maximum absolute atomic E-state index is 15.4. The quantitative estimate of drug-likeness (QED) is 0.0444. The van der Waals surface area contributed by atoms with Crippen molar-refractivity contribution in [1.82, 2.24) is 30.8 Å². The van der Waals surface area contributed by atoms with Crippen LogP contribution in [0, 0.1) is 29.5 Å². The van der Waals surface area contributed by atoms with Crippen molar-refractivity contribution < 1.29 is 46.6 Å². The van der Waals surface area contributed by atoms with Gasteiger partial charge in [0, 0.05) is 44.6 Å². The Balaban J connectivity index is 0.907. The Morgan fingerprint density at radius 3 is 2.30 bits per heavy atom. The summed E-state index contributed by atoms with van der Waals surface area (Å²) in [7, 11) is 0. The largest absolute Gasteiger partial charge is 0.420 e. The number of hydrogen-bond donors (Lipinski definition) is 4. The molecule has 2 aromatic carbocycles. The van der Waals surface area contributed by atoms with Gasteiger partial charge in [-0.2, -0.15) is 18.4 Å². The minimum Gasteiger partial charge on any atom is -0.391 e. The van der Waals surface area contributed by atoms with Gasteiger partial charge >= 0.3 is 6.18 Å². The molecule has 21 heteroatoms. The van der Waals surface area contributed by atoms with E-state index in [0.29, 0.717) is 54.9 Å². The van der Waals surface area contributed by atoms with Crippen molar-refractivity contribution in [2.75, 3.05) is 22.9 Å². The van der Waals surface area contributed by atoms with Gasteiger partial charge < -0.3 is 30.9 Å². The van der Waals surface area contributed by atoms with Crippen molar-refractivity contribution in [1.29, 1.82) is 5.26 Å². The maximum Gasteiger partial charge on any atom is 0.420 e. The molecule has 6 rings (SSSR count). The van der Waals surface area contributed by atoms with E-state index in [1.54, 1.807) is 29.0 Å². The molecular formula is C50H57F4N9O6S2. The summed E-state index contributed by atoms with van der Waals surface area (Å²) in [6, 6.07) is 12.3. The van der Waals surface area contributed by atoms with Crippen LogP contribution in [-0.4, -0.2) is 91.4 Å². The van der Waals surface area contributed by atoms with Crippen molar-refractivity contribution >= 4 is 69.6 Å². The van der Waals surface area contributed by atoms with E-state index in [9.17, 15) is 42.3 Å². The fraction of sp³-hybridized carbons (Fsp3) is 0.460. The molecule has 4 N–H and O–H groups in total. The van der Waals surface area contributed by atoms with Crippen molar-refractivity contribution in [2.24, 2.45) is 5.41 Å². The number of aryl methyl sites for hydroxylation is 2. The number of carbonyl (C=O) groups excluding carboxylic acids is 5. The van der Waals surface area contributed by atoms with Crippen LogP contribution in [0.4, 0.5) is 28.9 Å². The Labute approximate surface area is 419 Å². The van der Waals surface area contributed by atoms with E-state index in [2.05, 4.69) is 25.9 Å². The van der Waals surface area contributed by atoms with Crippen molar-refractivity contribution in [3.63, 3.8) is 0 Å². The average molecular weight is 1020 g/mol. The molecule has 0 unspecified atom stereocenters. The zero-order chi connectivity index (χ0) is 52.0. The summed E-state index contributed by atoms with van der Waals surface area (Å²) in [4.78, 5) is 80.0. The molecule has 3 atom stereocenters. The number of halogens is 4. The number of nitriles is 1. The Hall–Kier alpha value is -6.37. The van der Waals surface area contributed by atoms with Gasteiger partial charge in [-0.15, -0.1) is 11.3 Å². The molecule has 71 heavy (non-hydrogen) atoms. The van der Waals surface area contributed by atoms with Gasteiger partial charge in [0.2, 0.25) is 23.6 Å². The highest BCUT2D eigenvalue weighted by Gasteiger charge is 2.52. The summed E-state index contributed by atoms with van der Waals surface area (Å²) < 4.78 is 56.6. The van der Waals surface area contributed by atoms with Gasteiger partial charge in [0.05, 0.1) is 51.4 Å². The Morgan fingerprint density at radius 1 is 0.972 bits per heavy atom. The van der Waals surface area contributed by atoms with Crippen molar-refractivity contribution in [3.05, 3.63) is 94.1 Å². The number of β-amino-alcohol motifs (C(OH)–C–C–N with tert-alkyl or cyclic N) is 1. The molecule has 5 amide bonds. The molecule has 4 heterocycles. The van der Waals surface area contributed by atoms with Crippen LogP contribution >= 0.6 is 23.6 Å². The minimum absolute atomic E-state index is 0.0353. The van der Waals surface area contributed by atoms with E-state index in [1.807, 2.05) is 52.0 Å². The number of aliphatic hydroxyl groups excluding tert-OH is 1. The fourth-order valence-corrected chi connectivity index (χ4v) is 9.92. The number of nitrogens with one attached hydrogen (secondary N) is 3. The third kappa shape index (κ3) is 12.6. The lowest BCUT2D eigenvalue weighted by atomic mass is 9.85. The number of likely N-dealkylation sites (tertiary alicyclic amines) is 1. The Bertz CT molecular complexity index is 2680. The predicted molar refractivity (Wildman–Crippen MR) is 263 cm³/mol. The number of thiazole rings is 1. The van der Waals surface area contributed by atoms with Gasteiger partial charge in [-0.05, 0) is 99.5 Å². The zero-order valence-corrected chi connectivity index (χ0v) is 41.9. The van der Waals surface area contributed by atoms with Crippen LogP contribution in [-0.2, 0) is 43.1 Å². The second-order valence-electron chi connectivity index (χ2n) is 19.2. The predicted octanol–water partition coefficient (Wildman–Crippen LogP) is 7.27. The molecule has 0 aliphatic carbocycles. The summed E-state index contributed by atoms with van der Waals surface area (Å²) >= 11 is 7.05. The standard InChI is InChI=1S/C50H57F4N9O6S2/c1-29-42(71-28-59-29)31-16-14-30(15-17-31)25-58-44(67)37-23-35(64)27-61(37)45(68)43(48(2,3)4)60-39(66)12-8-7-9-22-56-38(65)13-10-11-33-19-20-34(26-57-33)63-47(70)62(46(69)49(63,5)6)36-21-18-32(24-55)40(41(36)51)50(52,53)54/h14-21,26,28,35,37,43,64H,7-13,22-23,25,27H2,1-6H3,(H,56,65)(H,58,67)(H,60,66)/t35-,37+,43-/m1/s1. The number of unbranched alkanes of at least 4 members (excludes halogenated alkanes) is 2. The van der Waals surface area contributed by atoms with E-state index < -0.39 is 75.7 Å². The molecule has 2 aromatic heterocycles. The first-order chi connectivity index (χ1) is 33.4. The van der Waals surface area contributed by atoms with E-state index >= 15 is 4.39 Å². The van der Waals surface area contributed by atoms with Gasteiger partial charge in [0.15, 0.2) is 10.9 Å². The van der Waals surface area contributed by atoms with E-state index in [1.165, 1.54) is 35.9 Å². The van der Waals surface area contributed by atoms with E-state index in [-0.39, 0.29) is 49.3 Å². The minimum atomic E-state index is -5.20. The Morgan fingerprint density at radius 2 is 1.68 bits per heavy atom. The summed E-state index contributed by atoms with van der Waals surface area (Å²) in [5.41, 5.74) is -0.0110. The van der Waals surface area contributed by atoms with Gasteiger partial charge in [-0.1, -0.05) is 51.5 Å². The molecule has 4 aromatic rings. The van der Waals surface area contributed by atoms with Crippen LogP contribution in [0.2, 0.25) is 0 Å². The highest BCUT2D eigenvalue weighted by molar-refractivity contribution is 7.81. The number of rotatable bonds is 18. The number of aromatic nitrogens is 2. The van der Waals surface area contributed by atoms with Crippen LogP contribution in [0.15, 0.2) is 60.2 Å². The van der Waals surface area contributed by atoms with Crippen LogP contribution in [0.5, 0.6) is 0 Å². The topological polar surface area (TPSA) is 201 Å². The second-order valence-corrected chi connectivity index (χ2v) is 20.4. The highest BCUT2D eigenvalue weighted by Crippen LogP contribution is 2.42. The lowest BCUT2D eigenvalue weighted by Crippen LogP contribution is -2.57. The van der Waals surface area contributed by atoms with Crippen LogP contribution < -0.4 is 25.8 Å². The van der Waals surface area contributed by atoms with Gasteiger partial charge in [-0.3, -0.25) is 33.9 Å². The molecule has 15 nitrogen and oxygen atoms in total. The van der Waals surface area contributed by atoms with Gasteiger partial charge in [-0.25, -0.2) is 9.37 Å². The number of benzene rings is 2. The monoisotopic (exact) mass is 1020 g/mol. The lowest BCUT2D eigenvalue weighted by molar-refractivity contribution is -0.144. The molecule has 2 aliphatic rings.